The molecule has 1 amide bonds. The maximum Gasteiger partial charge on any atom is 0.226 e. The Balaban J connectivity index is 1.25. The van der Waals surface area contributed by atoms with E-state index in [0.717, 1.165) is 22.8 Å². The van der Waals surface area contributed by atoms with Gasteiger partial charge >= 0.3 is 0 Å². The Morgan fingerprint density at radius 2 is 1.97 bits per heavy atom. The maximum atomic E-state index is 13.0. The number of hydrogen-bond acceptors (Lipinski definition) is 5. The SMILES string of the molecule is O=C(CCCc1nc(-c2ccc(F)cc2)no1)Nc1ccccc1SCC1CC1(Cl)Cl. The Morgan fingerprint density at radius 1 is 1.23 bits per heavy atom. The van der Waals surface area contributed by atoms with Crippen LogP contribution in [0.15, 0.2) is 57.9 Å². The highest BCUT2D eigenvalue weighted by atomic mass is 35.5. The summed E-state index contributed by atoms with van der Waals surface area (Å²) >= 11 is 13.8. The highest BCUT2D eigenvalue weighted by molar-refractivity contribution is 7.99. The van der Waals surface area contributed by atoms with Gasteiger partial charge in [-0.3, -0.25) is 4.79 Å². The minimum Gasteiger partial charge on any atom is -0.339 e. The number of alkyl halides is 2. The smallest absolute Gasteiger partial charge is 0.226 e. The van der Waals surface area contributed by atoms with E-state index in [1.165, 1.54) is 12.1 Å². The molecule has 0 spiro atoms. The normalized spacial score (nSPS) is 16.8. The number of halogens is 3. The lowest BCUT2D eigenvalue weighted by molar-refractivity contribution is -0.116. The summed E-state index contributed by atoms with van der Waals surface area (Å²) < 4.78 is 17.7. The average molecular weight is 480 g/mol. The number of amides is 1. The number of nitrogens with zero attached hydrogens (tertiary/aromatic N) is 2. The molecule has 3 aromatic rings. The summed E-state index contributed by atoms with van der Waals surface area (Å²) in [5.74, 6) is 1.53. The molecule has 9 heteroatoms. The molecule has 5 nitrogen and oxygen atoms in total. The molecule has 1 N–H and O–H groups in total. The number of aryl methyl sites for hydroxylation is 1. The Labute approximate surface area is 193 Å². The predicted molar refractivity (Wildman–Crippen MR) is 121 cm³/mol. The number of para-hydroxylation sites is 1. The van der Waals surface area contributed by atoms with Gasteiger partial charge in [0, 0.05) is 35.0 Å². The van der Waals surface area contributed by atoms with Crippen molar-refractivity contribution < 1.29 is 13.7 Å². The fraction of sp³-hybridized carbons (Fsp3) is 0.318. The van der Waals surface area contributed by atoms with E-state index in [1.54, 1.807) is 23.9 Å². The Kier molecular flexibility index (Phi) is 6.84. The highest BCUT2D eigenvalue weighted by Gasteiger charge is 2.51. The number of carbonyl (C=O) groups excluding carboxylic acids is 1. The Bertz CT molecular complexity index is 1060. The van der Waals surface area contributed by atoms with Crippen molar-refractivity contribution >= 4 is 46.6 Å². The molecular weight excluding hydrogens is 460 g/mol. The van der Waals surface area contributed by atoms with Gasteiger partial charge < -0.3 is 9.84 Å². The standard InChI is InChI=1S/C22H20Cl2FN3O2S/c23-22(24)12-15(22)13-31-18-5-2-1-4-17(18)26-19(29)6-3-7-20-27-21(28-30-20)14-8-10-16(25)11-9-14/h1-2,4-5,8-11,15H,3,6-7,12-13H2,(H,26,29). The van der Waals surface area contributed by atoms with Crippen LogP contribution in [0.25, 0.3) is 11.4 Å². The molecule has 1 fully saturated rings. The van der Waals surface area contributed by atoms with Gasteiger partial charge in [0.2, 0.25) is 17.6 Å². The molecule has 2 aromatic carbocycles. The van der Waals surface area contributed by atoms with E-state index in [9.17, 15) is 9.18 Å². The van der Waals surface area contributed by atoms with E-state index in [4.69, 9.17) is 27.7 Å². The zero-order chi connectivity index (χ0) is 21.8. The lowest BCUT2D eigenvalue weighted by atomic mass is 10.2. The van der Waals surface area contributed by atoms with Crippen LogP contribution >= 0.6 is 35.0 Å². The van der Waals surface area contributed by atoms with E-state index in [0.29, 0.717) is 36.5 Å². The van der Waals surface area contributed by atoms with Crippen molar-refractivity contribution in [3.05, 3.63) is 60.2 Å². The highest BCUT2D eigenvalue weighted by Crippen LogP contribution is 2.55. The molecule has 1 aliphatic rings. The quantitative estimate of drug-likeness (QED) is 0.295. The molecule has 4 rings (SSSR count). The number of aromatic nitrogens is 2. The molecule has 0 bridgehead atoms. The second kappa shape index (κ2) is 9.59. The van der Waals surface area contributed by atoms with Gasteiger partial charge in [0.15, 0.2) is 0 Å². The topological polar surface area (TPSA) is 68.0 Å². The number of hydrogen-bond donors (Lipinski definition) is 1. The molecule has 1 aliphatic carbocycles. The molecular formula is C22H20Cl2FN3O2S. The van der Waals surface area contributed by atoms with Crippen LogP contribution in [-0.2, 0) is 11.2 Å². The van der Waals surface area contributed by atoms with Crippen LogP contribution < -0.4 is 5.32 Å². The molecule has 1 atom stereocenters. The van der Waals surface area contributed by atoms with Crippen LogP contribution in [0.5, 0.6) is 0 Å². The maximum absolute atomic E-state index is 13.0. The average Bonchev–Trinajstić information content (AvgIpc) is 3.12. The third-order valence-electron chi connectivity index (χ3n) is 4.92. The fourth-order valence-corrected chi connectivity index (χ4v) is 4.96. The summed E-state index contributed by atoms with van der Waals surface area (Å²) in [4.78, 5) is 17.7. The molecule has 0 aliphatic heterocycles. The van der Waals surface area contributed by atoms with Gasteiger partial charge in [-0.25, -0.2) is 4.39 Å². The van der Waals surface area contributed by atoms with Crippen molar-refractivity contribution in [2.45, 2.75) is 34.9 Å². The van der Waals surface area contributed by atoms with Gasteiger partial charge in [-0.05, 0) is 49.2 Å². The molecule has 1 aromatic heterocycles. The number of thioether (sulfide) groups is 1. The third kappa shape index (κ3) is 5.99. The summed E-state index contributed by atoms with van der Waals surface area (Å²) in [6.45, 7) is 0. The van der Waals surface area contributed by atoms with Crippen molar-refractivity contribution in [1.82, 2.24) is 10.1 Å². The minimum atomic E-state index is -0.601. The first-order valence-corrected chi connectivity index (χ1v) is 11.6. The van der Waals surface area contributed by atoms with Gasteiger partial charge in [0.05, 0.1) is 5.69 Å². The molecule has 31 heavy (non-hydrogen) atoms. The monoisotopic (exact) mass is 479 g/mol. The molecule has 1 unspecified atom stereocenters. The van der Waals surface area contributed by atoms with E-state index in [1.807, 2.05) is 24.3 Å². The van der Waals surface area contributed by atoms with Crippen molar-refractivity contribution in [3.8, 4) is 11.4 Å². The van der Waals surface area contributed by atoms with Crippen LogP contribution in [0.1, 0.15) is 25.2 Å². The van der Waals surface area contributed by atoms with Crippen LogP contribution in [-0.4, -0.2) is 26.1 Å². The molecule has 1 saturated carbocycles. The number of nitrogens with one attached hydrogen (secondary N) is 1. The van der Waals surface area contributed by atoms with Gasteiger partial charge in [-0.15, -0.1) is 35.0 Å². The summed E-state index contributed by atoms with van der Waals surface area (Å²) in [6.07, 6.45) is 2.17. The lowest BCUT2D eigenvalue weighted by Crippen LogP contribution is -2.12. The first kappa shape index (κ1) is 22.1. The molecule has 1 heterocycles. The molecule has 0 radical (unpaired) electrons. The number of benzene rings is 2. The first-order chi connectivity index (χ1) is 14.9. The summed E-state index contributed by atoms with van der Waals surface area (Å²) in [6, 6.07) is 13.6. The van der Waals surface area contributed by atoms with Crippen molar-refractivity contribution in [2.75, 3.05) is 11.1 Å². The van der Waals surface area contributed by atoms with E-state index < -0.39 is 4.33 Å². The zero-order valence-corrected chi connectivity index (χ0v) is 18.8. The third-order valence-corrected chi connectivity index (χ3v) is 7.08. The zero-order valence-electron chi connectivity index (χ0n) is 16.5. The Hall–Kier alpha value is -2.09. The van der Waals surface area contributed by atoms with Gasteiger partial charge in [-0.1, -0.05) is 17.3 Å². The van der Waals surface area contributed by atoms with Crippen LogP contribution in [0.2, 0.25) is 0 Å². The summed E-state index contributed by atoms with van der Waals surface area (Å²) in [5, 5.41) is 6.88. The van der Waals surface area contributed by atoms with Crippen molar-refractivity contribution in [2.24, 2.45) is 5.92 Å². The summed E-state index contributed by atoms with van der Waals surface area (Å²) in [7, 11) is 0. The van der Waals surface area contributed by atoms with Crippen molar-refractivity contribution in [3.63, 3.8) is 0 Å². The largest absolute Gasteiger partial charge is 0.339 e. The second-order valence-corrected chi connectivity index (χ2v) is 9.99. The fourth-order valence-electron chi connectivity index (χ4n) is 3.02. The van der Waals surface area contributed by atoms with Crippen LogP contribution in [0, 0.1) is 11.7 Å². The van der Waals surface area contributed by atoms with Gasteiger partial charge in [-0.2, -0.15) is 4.98 Å². The first-order valence-electron chi connectivity index (χ1n) is 9.89. The van der Waals surface area contributed by atoms with E-state index in [-0.39, 0.29) is 17.6 Å². The Morgan fingerprint density at radius 3 is 2.71 bits per heavy atom. The van der Waals surface area contributed by atoms with Crippen LogP contribution in [0.4, 0.5) is 10.1 Å². The number of carbonyl (C=O) groups is 1. The second-order valence-electron chi connectivity index (χ2n) is 7.39. The molecule has 0 saturated heterocycles. The lowest BCUT2D eigenvalue weighted by Gasteiger charge is -2.10. The van der Waals surface area contributed by atoms with E-state index >= 15 is 0 Å². The number of anilines is 1. The van der Waals surface area contributed by atoms with Crippen LogP contribution in [0.3, 0.4) is 0 Å². The van der Waals surface area contributed by atoms with Gasteiger partial charge in [0.1, 0.15) is 10.2 Å². The summed E-state index contributed by atoms with van der Waals surface area (Å²) in [5.41, 5.74) is 1.46. The predicted octanol–water partition coefficient (Wildman–Crippen LogP) is 6.12. The van der Waals surface area contributed by atoms with Gasteiger partial charge in [0.25, 0.3) is 0 Å². The minimum absolute atomic E-state index is 0.0817. The van der Waals surface area contributed by atoms with Crippen molar-refractivity contribution in [1.29, 1.82) is 0 Å². The number of rotatable bonds is 9. The molecule has 162 valence electrons. The van der Waals surface area contributed by atoms with E-state index in [2.05, 4.69) is 15.5 Å².